The molecule has 2 N–H and O–H groups in total. The Morgan fingerprint density at radius 1 is 0.943 bits per heavy atom. The largest absolute Gasteiger partial charge is 0.497 e. The second kappa shape index (κ2) is 10.3. The lowest BCUT2D eigenvalue weighted by Crippen LogP contribution is -2.38. The van der Waals surface area contributed by atoms with Gasteiger partial charge in [0.05, 0.1) is 17.6 Å². The number of sulfonamides is 1. The molecule has 0 radical (unpaired) electrons. The molecule has 12 nitrogen and oxygen atoms in total. The Bertz CT molecular complexity index is 1470. The zero-order chi connectivity index (χ0) is 25.8. The maximum atomic E-state index is 12.6. The highest BCUT2D eigenvalue weighted by molar-refractivity contribution is 7.92. The molecule has 0 saturated heterocycles. The number of carbonyl (C=O) groups is 2. The Morgan fingerprint density at radius 2 is 1.57 bits per heavy atom. The van der Waals surface area contributed by atoms with Gasteiger partial charge in [0.2, 0.25) is 0 Å². The number of benzene rings is 2. The summed E-state index contributed by atoms with van der Waals surface area (Å²) in [5, 5.41) is 2.32. The molecule has 0 spiro atoms. The Kier molecular flexibility index (Phi) is 7.40. The Hall–Kier alpha value is -4.39. The SMILES string of the molecule is COc1ccc(NS(=O)(=O)c2ccc(C(=O)OCC(=O)Nc3cc(=O)n(C)c(=O)n3C)cc2)cc1. The molecule has 1 heterocycles. The van der Waals surface area contributed by atoms with E-state index in [9.17, 15) is 27.6 Å². The van der Waals surface area contributed by atoms with Crippen LogP contribution >= 0.6 is 0 Å². The molecule has 0 saturated carbocycles. The van der Waals surface area contributed by atoms with Crippen molar-refractivity contribution in [2.45, 2.75) is 4.90 Å². The molecule has 13 heteroatoms. The number of carbonyl (C=O) groups excluding carboxylic acids is 2. The minimum absolute atomic E-state index is 0.0159. The molecule has 0 fully saturated rings. The summed E-state index contributed by atoms with van der Waals surface area (Å²) in [5.41, 5.74) is -0.908. The van der Waals surface area contributed by atoms with Gasteiger partial charge in [-0.3, -0.25) is 23.4 Å². The molecule has 0 aliphatic rings. The van der Waals surface area contributed by atoms with Crippen molar-refractivity contribution in [3.8, 4) is 5.75 Å². The van der Waals surface area contributed by atoms with Gasteiger partial charge in [0.1, 0.15) is 11.6 Å². The number of esters is 1. The highest BCUT2D eigenvalue weighted by Crippen LogP contribution is 2.20. The first kappa shape index (κ1) is 25.2. The number of nitrogens with zero attached hydrogens (tertiary/aromatic N) is 2. The van der Waals surface area contributed by atoms with E-state index in [1.807, 2.05) is 0 Å². The lowest BCUT2D eigenvalue weighted by Gasteiger charge is -2.11. The Balaban J connectivity index is 1.61. The maximum absolute atomic E-state index is 12.6. The summed E-state index contributed by atoms with van der Waals surface area (Å²) in [6.07, 6.45) is 0. The van der Waals surface area contributed by atoms with Crippen LogP contribution in [0, 0.1) is 0 Å². The molecule has 184 valence electrons. The van der Waals surface area contributed by atoms with Gasteiger partial charge in [-0.1, -0.05) is 0 Å². The number of rotatable bonds is 8. The molecule has 1 aromatic heterocycles. The first-order chi connectivity index (χ1) is 16.5. The van der Waals surface area contributed by atoms with Crippen molar-refractivity contribution in [2.24, 2.45) is 14.1 Å². The molecule has 0 atom stereocenters. The fraction of sp³-hybridized carbons (Fsp3) is 0.182. The van der Waals surface area contributed by atoms with E-state index >= 15 is 0 Å². The highest BCUT2D eigenvalue weighted by Gasteiger charge is 2.17. The summed E-state index contributed by atoms with van der Waals surface area (Å²) < 4.78 is 39.4. The molecule has 35 heavy (non-hydrogen) atoms. The summed E-state index contributed by atoms with van der Waals surface area (Å²) in [6.45, 7) is -0.693. The van der Waals surface area contributed by atoms with E-state index in [1.54, 1.807) is 24.3 Å². The third kappa shape index (κ3) is 5.95. The maximum Gasteiger partial charge on any atom is 0.338 e. The van der Waals surface area contributed by atoms with Crippen LogP contribution in [0.15, 0.2) is 69.1 Å². The summed E-state index contributed by atoms with van der Waals surface area (Å²) in [6, 6.07) is 12.3. The number of anilines is 2. The van der Waals surface area contributed by atoms with Crippen LogP contribution in [0.1, 0.15) is 10.4 Å². The number of amides is 1. The normalized spacial score (nSPS) is 10.9. The second-order valence-corrected chi connectivity index (χ2v) is 8.93. The molecule has 0 bridgehead atoms. The minimum Gasteiger partial charge on any atom is -0.497 e. The zero-order valence-electron chi connectivity index (χ0n) is 19.0. The van der Waals surface area contributed by atoms with Gasteiger partial charge in [0.25, 0.3) is 21.5 Å². The van der Waals surface area contributed by atoms with Crippen molar-refractivity contribution < 1.29 is 27.5 Å². The van der Waals surface area contributed by atoms with E-state index < -0.39 is 39.8 Å². The summed E-state index contributed by atoms with van der Waals surface area (Å²) >= 11 is 0. The van der Waals surface area contributed by atoms with Gasteiger partial charge in [-0.15, -0.1) is 0 Å². The van der Waals surface area contributed by atoms with E-state index in [2.05, 4.69) is 10.0 Å². The Morgan fingerprint density at radius 3 is 2.17 bits per heavy atom. The van der Waals surface area contributed by atoms with Crippen LogP contribution in [0.2, 0.25) is 0 Å². The number of ether oxygens (including phenoxy) is 2. The number of methoxy groups -OCH3 is 1. The average Bonchev–Trinajstić information content (AvgIpc) is 2.85. The summed E-state index contributed by atoms with van der Waals surface area (Å²) in [5.74, 6) is -1.13. The van der Waals surface area contributed by atoms with Gasteiger partial charge in [-0.25, -0.2) is 18.0 Å². The van der Waals surface area contributed by atoms with Crippen molar-refractivity contribution in [1.29, 1.82) is 0 Å². The van der Waals surface area contributed by atoms with Gasteiger partial charge in [0.15, 0.2) is 6.61 Å². The van der Waals surface area contributed by atoms with Crippen molar-refractivity contribution >= 4 is 33.4 Å². The van der Waals surface area contributed by atoms with E-state index in [-0.39, 0.29) is 16.3 Å². The molecule has 0 aliphatic heterocycles. The summed E-state index contributed by atoms with van der Waals surface area (Å²) in [7, 11) is 0.241. The number of hydrogen-bond acceptors (Lipinski definition) is 8. The molecule has 1 amide bonds. The molecule has 2 aromatic carbocycles. The average molecular weight is 503 g/mol. The van der Waals surface area contributed by atoms with Crippen molar-refractivity contribution in [2.75, 3.05) is 23.8 Å². The first-order valence-corrected chi connectivity index (χ1v) is 11.5. The van der Waals surface area contributed by atoms with Gasteiger partial charge in [-0.2, -0.15) is 0 Å². The standard InChI is InChI=1S/C22H22N4O8S/c1-25-18(12-20(28)26(2)22(25)30)23-19(27)13-34-21(29)14-4-10-17(11-5-14)35(31,32)24-15-6-8-16(33-3)9-7-15/h4-12,24H,13H2,1-3H3,(H,23,27). The van der Waals surface area contributed by atoms with Crippen LogP contribution in [0.3, 0.4) is 0 Å². The number of nitrogens with one attached hydrogen (secondary N) is 2. The third-order valence-corrected chi connectivity index (χ3v) is 6.27. The highest BCUT2D eigenvalue weighted by atomic mass is 32.2. The Labute approximate surface area is 199 Å². The minimum atomic E-state index is -3.91. The fourth-order valence-corrected chi connectivity index (χ4v) is 3.95. The quantitative estimate of drug-likeness (QED) is 0.426. The van der Waals surface area contributed by atoms with E-state index in [0.717, 1.165) is 15.2 Å². The van der Waals surface area contributed by atoms with Gasteiger partial charge >= 0.3 is 11.7 Å². The lowest BCUT2D eigenvalue weighted by molar-refractivity contribution is -0.119. The molecule has 3 aromatic rings. The molecule has 0 aliphatic carbocycles. The first-order valence-electron chi connectivity index (χ1n) is 10.0. The second-order valence-electron chi connectivity index (χ2n) is 7.25. The van der Waals surface area contributed by atoms with E-state index in [1.165, 1.54) is 45.5 Å². The van der Waals surface area contributed by atoms with E-state index in [0.29, 0.717) is 11.4 Å². The monoisotopic (exact) mass is 502 g/mol. The van der Waals surface area contributed by atoms with Crippen LogP contribution in [0.4, 0.5) is 11.5 Å². The fourth-order valence-electron chi connectivity index (χ4n) is 2.89. The van der Waals surface area contributed by atoms with Crippen molar-refractivity contribution in [3.05, 3.63) is 81.0 Å². The van der Waals surface area contributed by atoms with Crippen molar-refractivity contribution in [1.82, 2.24) is 9.13 Å². The van der Waals surface area contributed by atoms with Crippen LogP contribution in [0.25, 0.3) is 0 Å². The predicted molar refractivity (Wildman–Crippen MR) is 126 cm³/mol. The molecular formula is C22H22N4O8S. The van der Waals surface area contributed by atoms with Crippen LogP contribution in [0.5, 0.6) is 5.75 Å². The predicted octanol–water partition coefficient (Wildman–Crippen LogP) is 0.689. The molecule has 3 rings (SSSR count). The van der Waals surface area contributed by atoms with Gasteiger partial charge in [-0.05, 0) is 48.5 Å². The number of aromatic nitrogens is 2. The summed E-state index contributed by atoms with van der Waals surface area (Å²) in [4.78, 5) is 47.9. The van der Waals surface area contributed by atoms with Gasteiger partial charge in [0, 0.05) is 25.8 Å². The third-order valence-electron chi connectivity index (χ3n) is 4.87. The topological polar surface area (TPSA) is 155 Å². The lowest BCUT2D eigenvalue weighted by atomic mass is 10.2. The number of hydrogen-bond donors (Lipinski definition) is 2. The van der Waals surface area contributed by atoms with Crippen LogP contribution in [-0.2, 0) is 33.7 Å². The molecular weight excluding hydrogens is 480 g/mol. The smallest absolute Gasteiger partial charge is 0.338 e. The van der Waals surface area contributed by atoms with E-state index in [4.69, 9.17) is 9.47 Å². The van der Waals surface area contributed by atoms with Crippen molar-refractivity contribution in [3.63, 3.8) is 0 Å². The van der Waals surface area contributed by atoms with Crippen LogP contribution in [-0.4, -0.2) is 43.1 Å². The zero-order valence-corrected chi connectivity index (χ0v) is 19.8. The van der Waals surface area contributed by atoms with Crippen LogP contribution < -0.4 is 26.0 Å². The molecule has 0 unspecified atom stereocenters. The van der Waals surface area contributed by atoms with Gasteiger partial charge < -0.3 is 14.8 Å².